The molecule has 0 saturated carbocycles. The third kappa shape index (κ3) is 3.47. The topological polar surface area (TPSA) is 73.2 Å². The van der Waals surface area contributed by atoms with Crippen LogP contribution in [0.15, 0.2) is 12.1 Å². The number of carbonyl (C=O) groups excluding carboxylic acids is 2. The minimum absolute atomic E-state index is 0.134. The van der Waals surface area contributed by atoms with Gasteiger partial charge in [-0.25, -0.2) is 8.78 Å². The van der Waals surface area contributed by atoms with E-state index in [1.54, 1.807) is 6.07 Å². The highest BCUT2D eigenvalue weighted by Gasteiger charge is 2.36. The average Bonchev–Trinajstić information content (AvgIpc) is 2.47. The second kappa shape index (κ2) is 6.73. The molecule has 1 aliphatic heterocycles. The lowest BCUT2D eigenvalue weighted by atomic mass is 9.98. The Kier molecular flexibility index (Phi) is 4.94. The van der Waals surface area contributed by atoms with Crippen molar-refractivity contribution in [1.82, 2.24) is 10.2 Å². The first-order valence-corrected chi connectivity index (χ1v) is 7.33. The van der Waals surface area contributed by atoms with Gasteiger partial charge in [0.15, 0.2) is 0 Å². The molecule has 1 atom stereocenters. The monoisotopic (exact) mass is 321 g/mol. The smallest absolute Gasteiger partial charge is 0.260 e. The molecule has 2 rings (SSSR count). The number of piperazine rings is 1. The fraction of sp³-hybridized carbons (Fsp3) is 0.438. The SMILES string of the molecule is CC(C)CC1C(=O)NCCN1C(=O)c1c(F)cc(C#N)cc1F. The lowest BCUT2D eigenvalue weighted by Crippen LogP contribution is -2.57. The van der Waals surface area contributed by atoms with Crippen LogP contribution in [0.3, 0.4) is 0 Å². The fourth-order valence-electron chi connectivity index (χ4n) is 2.62. The largest absolute Gasteiger partial charge is 0.353 e. The van der Waals surface area contributed by atoms with E-state index in [0.717, 1.165) is 12.1 Å². The number of hydrogen-bond acceptors (Lipinski definition) is 3. The van der Waals surface area contributed by atoms with Gasteiger partial charge in [0.05, 0.1) is 11.6 Å². The van der Waals surface area contributed by atoms with E-state index in [1.807, 2.05) is 13.8 Å². The maximum atomic E-state index is 14.1. The van der Waals surface area contributed by atoms with Gasteiger partial charge in [0, 0.05) is 13.1 Å². The number of halogens is 2. The number of carbonyl (C=O) groups is 2. The first-order chi connectivity index (χ1) is 10.8. The summed E-state index contributed by atoms with van der Waals surface area (Å²) in [5.74, 6) is -3.26. The maximum absolute atomic E-state index is 14.1. The number of benzene rings is 1. The van der Waals surface area contributed by atoms with Crippen LogP contribution in [-0.2, 0) is 4.79 Å². The zero-order chi connectivity index (χ0) is 17.1. The second-order valence-corrected chi connectivity index (χ2v) is 5.86. The lowest BCUT2D eigenvalue weighted by molar-refractivity contribution is -0.128. The molecule has 1 N–H and O–H groups in total. The van der Waals surface area contributed by atoms with Crippen molar-refractivity contribution in [3.05, 3.63) is 34.9 Å². The molecule has 0 radical (unpaired) electrons. The van der Waals surface area contributed by atoms with Crippen molar-refractivity contribution in [1.29, 1.82) is 5.26 Å². The van der Waals surface area contributed by atoms with Crippen LogP contribution < -0.4 is 5.32 Å². The normalized spacial score (nSPS) is 17.8. The minimum atomic E-state index is -1.10. The molecular weight excluding hydrogens is 304 g/mol. The Morgan fingerprint density at radius 1 is 1.43 bits per heavy atom. The van der Waals surface area contributed by atoms with Crippen LogP contribution >= 0.6 is 0 Å². The summed E-state index contributed by atoms with van der Waals surface area (Å²) in [7, 11) is 0. The second-order valence-electron chi connectivity index (χ2n) is 5.86. The quantitative estimate of drug-likeness (QED) is 0.923. The molecular formula is C16H17F2N3O2. The lowest BCUT2D eigenvalue weighted by Gasteiger charge is -2.36. The summed E-state index contributed by atoms with van der Waals surface area (Å²) >= 11 is 0. The number of amides is 2. The van der Waals surface area contributed by atoms with Crippen molar-refractivity contribution < 1.29 is 18.4 Å². The molecule has 0 bridgehead atoms. The van der Waals surface area contributed by atoms with Crippen LogP contribution in [0.25, 0.3) is 0 Å². The van der Waals surface area contributed by atoms with E-state index in [9.17, 15) is 18.4 Å². The van der Waals surface area contributed by atoms with E-state index >= 15 is 0 Å². The maximum Gasteiger partial charge on any atom is 0.260 e. The van der Waals surface area contributed by atoms with Gasteiger partial charge in [0.2, 0.25) is 5.91 Å². The number of nitriles is 1. The Balaban J connectivity index is 2.38. The van der Waals surface area contributed by atoms with E-state index < -0.39 is 29.1 Å². The Bertz CT molecular complexity index is 659. The number of rotatable bonds is 3. The molecule has 0 aliphatic carbocycles. The Hall–Kier alpha value is -2.49. The third-order valence-electron chi connectivity index (χ3n) is 3.67. The molecule has 7 heteroatoms. The van der Waals surface area contributed by atoms with Gasteiger partial charge >= 0.3 is 0 Å². The molecule has 1 saturated heterocycles. The third-order valence-corrected chi connectivity index (χ3v) is 3.67. The van der Waals surface area contributed by atoms with Gasteiger partial charge in [-0.2, -0.15) is 5.26 Å². The fourth-order valence-corrected chi connectivity index (χ4v) is 2.62. The summed E-state index contributed by atoms with van der Waals surface area (Å²) in [6.07, 6.45) is 0.400. The van der Waals surface area contributed by atoms with Crippen molar-refractivity contribution in [2.75, 3.05) is 13.1 Å². The molecule has 5 nitrogen and oxygen atoms in total. The molecule has 1 unspecified atom stereocenters. The molecule has 23 heavy (non-hydrogen) atoms. The van der Waals surface area contributed by atoms with Crippen LogP contribution in [0.4, 0.5) is 8.78 Å². The van der Waals surface area contributed by atoms with Crippen molar-refractivity contribution >= 4 is 11.8 Å². The van der Waals surface area contributed by atoms with E-state index in [2.05, 4.69) is 5.32 Å². The van der Waals surface area contributed by atoms with Gasteiger partial charge in [-0.3, -0.25) is 9.59 Å². The summed E-state index contributed by atoms with van der Waals surface area (Å²) < 4.78 is 28.1. The molecule has 1 aliphatic rings. The van der Waals surface area contributed by atoms with E-state index in [0.29, 0.717) is 6.42 Å². The summed E-state index contributed by atoms with van der Waals surface area (Å²) in [4.78, 5) is 25.8. The van der Waals surface area contributed by atoms with Gasteiger partial charge in [-0.05, 0) is 24.5 Å². The first-order valence-electron chi connectivity index (χ1n) is 7.33. The highest BCUT2D eigenvalue weighted by molar-refractivity contribution is 5.98. The van der Waals surface area contributed by atoms with Crippen LogP contribution in [0.1, 0.15) is 36.2 Å². The summed E-state index contributed by atoms with van der Waals surface area (Å²) in [5, 5.41) is 11.4. The highest BCUT2D eigenvalue weighted by atomic mass is 19.1. The zero-order valence-electron chi connectivity index (χ0n) is 12.9. The molecule has 1 aromatic carbocycles. The molecule has 1 fully saturated rings. The van der Waals surface area contributed by atoms with Crippen LogP contribution in [-0.4, -0.2) is 35.8 Å². The summed E-state index contributed by atoms with van der Waals surface area (Å²) in [5.41, 5.74) is -0.931. The molecule has 1 aromatic rings. The Morgan fingerprint density at radius 2 is 2.04 bits per heavy atom. The molecule has 0 aromatic heterocycles. The van der Waals surface area contributed by atoms with E-state index in [1.165, 1.54) is 4.90 Å². The average molecular weight is 321 g/mol. The van der Waals surface area contributed by atoms with Gasteiger partial charge < -0.3 is 10.2 Å². The van der Waals surface area contributed by atoms with Crippen molar-refractivity contribution in [2.45, 2.75) is 26.3 Å². The first kappa shape index (κ1) is 16.9. The highest BCUT2D eigenvalue weighted by Crippen LogP contribution is 2.22. The van der Waals surface area contributed by atoms with Gasteiger partial charge in [0.1, 0.15) is 23.2 Å². The van der Waals surface area contributed by atoms with Gasteiger partial charge in [0.25, 0.3) is 5.91 Å². The number of hydrogen-bond donors (Lipinski definition) is 1. The molecule has 0 spiro atoms. The standard InChI is InChI=1S/C16H17F2N3O2/c1-9(2)5-13-15(22)20-3-4-21(13)16(23)14-11(17)6-10(8-19)7-12(14)18/h6-7,9,13H,3-5H2,1-2H3,(H,20,22). The van der Waals surface area contributed by atoms with E-state index in [4.69, 9.17) is 5.26 Å². The van der Waals surface area contributed by atoms with Gasteiger partial charge in [-0.15, -0.1) is 0 Å². The van der Waals surface area contributed by atoms with Crippen molar-refractivity contribution in [3.63, 3.8) is 0 Å². The number of nitrogens with zero attached hydrogens (tertiary/aromatic N) is 2. The summed E-state index contributed by atoms with van der Waals surface area (Å²) in [6.45, 7) is 4.21. The molecule has 1 heterocycles. The van der Waals surface area contributed by atoms with Gasteiger partial charge in [-0.1, -0.05) is 13.8 Å². The molecule has 122 valence electrons. The van der Waals surface area contributed by atoms with Crippen molar-refractivity contribution in [3.8, 4) is 6.07 Å². The predicted octanol–water partition coefficient (Wildman–Crippen LogP) is 1.82. The summed E-state index contributed by atoms with van der Waals surface area (Å²) in [6, 6.07) is 2.50. The number of nitrogens with one attached hydrogen (secondary N) is 1. The van der Waals surface area contributed by atoms with Crippen LogP contribution in [0, 0.1) is 28.9 Å². The van der Waals surface area contributed by atoms with Crippen molar-refractivity contribution in [2.24, 2.45) is 5.92 Å². The Labute approximate surface area is 132 Å². The minimum Gasteiger partial charge on any atom is -0.353 e. The molecule has 2 amide bonds. The predicted molar refractivity (Wildman–Crippen MR) is 78.4 cm³/mol. The van der Waals surface area contributed by atoms with E-state index in [-0.39, 0.29) is 30.5 Å². The Morgan fingerprint density at radius 3 is 2.57 bits per heavy atom. The van der Waals surface area contributed by atoms with Crippen LogP contribution in [0.2, 0.25) is 0 Å². The zero-order valence-corrected chi connectivity index (χ0v) is 12.9. The van der Waals surface area contributed by atoms with Crippen LogP contribution in [0.5, 0.6) is 0 Å².